The van der Waals surface area contributed by atoms with E-state index in [-0.39, 0.29) is 11.2 Å². The van der Waals surface area contributed by atoms with Crippen molar-refractivity contribution in [1.82, 2.24) is 0 Å². The van der Waals surface area contributed by atoms with E-state index in [9.17, 15) is 4.79 Å². The van der Waals surface area contributed by atoms with Crippen molar-refractivity contribution in [3.8, 4) is 0 Å². The average Bonchev–Trinajstić information content (AvgIpc) is 3.00. The molecule has 16 heavy (non-hydrogen) atoms. The first-order chi connectivity index (χ1) is 7.74. The van der Waals surface area contributed by atoms with Gasteiger partial charge in [-0.1, -0.05) is 0 Å². The summed E-state index contributed by atoms with van der Waals surface area (Å²) in [6.45, 7) is 0. The Balaban J connectivity index is 1.64. The number of carbonyl (C=O) groups is 1. The Bertz CT molecular complexity index is 324. The van der Waals surface area contributed by atoms with Gasteiger partial charge in [0, 0.05) is 4.75 Å². The Morgan fingerprint density at radius 3 is 2.19 bits per heavy atom. The summed E-state index contributed by atoms with van der Waals surface area (Å²) in [6.07, 6.45) is 7.07. The Morgan fingerprint density at radius 1 is 1.12 bits per heavy atom. The third-order valence-electron chi connectivity index (χ3n) is 5.50. The maximum absolute atomic E-state index is 11.7. The fourth-order valence-electron chi connectivity index (χ4n) is 5.05. The molecule has 4 aliphatic carbocycles. The molecule has 0 aromatic heterocycles. The molecule has 0 aromatic rings. The molecule has 0 amide bonds. The van der Waals surface area contributed by atoms with Gasteiger partial charge in [-0.3, -0.25) is 4.79 Å². The van der Waals surface area contributed by atoms with Gasteiger partial charge in [-0.2, -0.15) is 0 Å². The van der Waals surface area contributed by atoms with Gasteiger partial charge >= 0.3 is 5.97 Å². The van der Waals surface area contributed by atoms with Crippen LogP contribution in [0.4, 0.5) is 0 Å². The second kappa shape index (κ2) is 2.98. The average molecular weight is 238 g/mol. The van der Waals surface area contributed by atoms with E-state index >= 15 is 0 Å². The van der Waals surface area contributed by atoms with Gasteiger partial charge in [-0.05, 0) is 55.8 Å². The summed E-state index contributed by atoms with van der Waals surface area (Å²) in [6, 6.07) is 0. The van der Waals surface area contributed by atoms with Crippen LogP contribution in [0.2, 0.25) is 0 Å². The van der Waals surface area contributed by atoms with Gasteiger partial charge in [0.2, 0.25) is 0 Å². The lowest BCUT2D eigenvalue weighted by Gasteiger charge is -2.54. The molecule has 4 bridgehead atoms. The highest BCUT2D eigenvalue weighted by molar-refractivity contribution is 8.09. The highest BCUT2D eigenvalue weighted by atomic mass is 32.2. The minimum Gasteiger partial charge on any atom is -0.468 e. The topological polar surface area (TPSA) is 26.3 Å². The summed E-state index contributed by atoms with van der Waals surface area (Å²) in [7, 11) is 1.53. The van der Waals surface area contributed by atoms with E-state index in [4.69, 9.17) is 4.74 Å². The van der Waals surface area contributed by atoms with Crippen LogP contribution in [-0.2, 0) is 9.53 Å². The molecule has 0 aromatic carbocycles. The maximum Gasteiger partial charge on any atom is 0.320 e. The zero-order valence-electron chi connectivity index (χ0n) is 9.65. The zero-order chi connectivity index (χ0) is 10.9. The molecule has 88 valence electrons. The van der Waals surface area contributed by atoms with E-state index in [0.29, 0.717) is 4.75 Å². The van der Waals surface area contributed by atoms with Crippen LogP contribution in [-0.4, -0.2) is 23.1 Å². The van der Waals surface area contributed by atoms with Gasteiger partial charge < -0.3 is 4.74 Å². The molecular formula is C13H18O2S. The second-order valence-corrected chi connectivity index (χ2v) is 7.59. The summed E-state index contributed by atoms with van der Waals surface area (Å²) < 4.78 is 5.28. The minimum absolute atomic E-state index is 0.0393. The molecule has 4 saturated carbocycles. The van der Waals surface area contributed by atoms with Crippen LogP contribution in [0, 0.1) is 23.7 Å². The largest absolute Gasteiger partial charge is 0.468 e. The molecule has 0 radical (unpaired) electrons. The fraction of sp³-hybridized carbons (Fsp3) is 0.923. The van der Waals surface area contributed by atoms with Crippen LogP contribution in [0.3, 0.4) is 0 Å². The Kier molecular flexibility index (Phi) is 1.83. The van der Waals surface area contributed by atoms with Crippen molar-refractivity contribution in [1.29, 1.82) is 0 Å². The Hall–Kier alpha value is -0.180. The lowest BCUT2D eigenvalue weighted by Crippen LogP contribution is -2.52. The number of rotatable bonds is 1. The minimum atomic E-state index is 0.0393. The fourth-order valence-corrected chi connectivity index (χ4v) is 6.83. The predicted molar refractivity (Wildman–Crippen MR) is 63.2 cm³/mol. The van der Waals surface area contributed by atoms with Gasteiger partial charge in [-0.15, -0.1) is 11.8 Å². The van der Waals surface area contributed by atoms with Crippen molar-refractivity contribution in [2.75, 3.05) is 7.11 Å². The van der Waals surface area contributed by atoms with Crippen LogP contribution < -0.4 is 0 Å². The first-order valence-electron chi connectivity index (χ1n) is 6.49. The molecule has 1 saturated heterocycles. The first-order valence-corrected chi connectivity index (χ1v) is 7.37. The summed E-state index contributed by atoms with van der Waals surface area (Å²) in [5.74, 6) is 3.69. The van der Waals surface area contributed by atoms with Crippen LogP contribution in [0.25, 0.3) is 0 Å². The molecule has 1 unspecified atom stereocenters. The Labute approximate surface area is 100 Å². The van der Waals surface area contributed by atoms with E-state index in [1.165, 1.54) is 39.2 Å². The van der Waals surface area contributed by atoms with Gasteiger partial charge in [0.15, 0.2) is 0 Å². The van der Waals surface area contributed by atoms with Gasteiger partial charge in [0.1, 0.15) is 5.25 Å². The van der Waals surface area contributed by atoms with Gasteiger partial charge in [-0.25, -0.2) is 0 Å². The summed E-state index contributed by atoms with van der Waals surface area (Å²) >= 11 is 1.93. The van der Waals surface area contributed by atoms with Gasteiger partial charge in [0.25, 0.3) is 0 Å². The Morgan fingerprint density at radius 2 is 1.69 bits per heavy atom. The van der Waals surface area contributed by atoms with Crippen molar-refractivity contribution < 1.29 is 9.53 Å². The molecule has 1 atom stereocenters. The van der Waals surface area contributed by atoms with E-state index < -0.39 is 0 Å². The number of hydrogen-bond acceptors (Lipinski definition) is 3. The summed E-state index contributed by atoms with van der Waals surface area (Å²) in [5.41, 5.74) is 0. The van der Waals surface area contributed by atoms with Crippen LogP contribution >= 0.6 is 11.8 Å². The number of hydrogen-bond donors (Lipinski definition) is 0. The van der Waals surface area contributed by atoms with Gasteiger partial charge in [0.05, 0.1) is 7.11 Å². The molecule has 0 N–H and O–H groups in total. The quantitative estimate of drug-likeness (QED) is 0.518. The molecule has 1 aliphatic heterocycles. The molecule has 5 aliphatic rings. The smallest absolute Gasteiger partial charge is 0.320 e. The van der Waals surface area contributed by atoms with E-state index in [0.717, 1.165) is 23.7 Å². The SMILES string of the molecule is COC(=O)C1SC12C1CC3CC(C1)CC2C3. The predicted octanol–water partition coefficient (Wildman–Crippen LogP) is 2.47. The van der Waals surface area contributed by atoms with Crippen molar-refractivity contribution in [2.45, 2.75) is 42.1 Å². The number of esters is 1. The number of thioether (sulfide) groups is 1. The molecule has 3 heteroatoms. The van der Waals surface area contributed by atoms with Crippen LogP contribution in [0.5, 0.6) is 0 Å². The lowest BCUT2D eigenvalue weighted by atomic mass is 9.51. The molecule has 2 nitrogen and oxygen atoms in total. The van der Waals surface area contributed by atoms with E-state index in [2.05, 4.69) is 0 Å². The molecule has 5 fully saturated rings. The number of methoxy groups -OCH3 is 1. The molecule has 1 heterocycles. The zero-order valence-corrected chi connectivity index (χ0v) is 10.5. The van der Waals surface area contributed by atoms with Crippen molar-refractivity contribution in [3.05, 3.63) is 0 Å². The maximum atomic E-state index is 11.7. The normalized spacial score (nSPS) is 56.7. The number of carbonyl (C=O) groups excluding carboxylic acids is 1. The van der Waals surface area contributed by atoms with E-state index in [1.54, 1.807) is 0 Å². The second-order valence-electron chi connectivity index (χ2n) is 6.18. The number of ether oxygens (including phenoxy) is 1. The first kappa shape index (κ1) is 9.81. The highest BCUT2D eigenvalue weighted by Gasteiger charge is 2.72. The third-order valence-corrected chi connectivity index (χ3v) is 7.38. The van der Waals surface area contributed by atoms with Crippen LogP contribution in [0.15, 0.2) is 0 Å². The van der Waals surface area contributed by atoms with Crippen molar-refractivity contribution >= 4 is 17.7 Å². The van der Waals surface area contributed by atoms with Crippen LogP contribution in [0.1, 0.15) is 32.1 Å². The molecular weight excluding hydrogens is 220 g/mol. The summed E-state index contributed by atoms with van der Waals surface area (Å²) in [4.78, 5) is 11.7. The summed E-state index contributed by atoms with van der Waals surface area (Å²) in [5, 5.41) is 0.187. The standard InChI is InChI=1S/C13H18O2S/c1-15-12(14)11-13(16-11)9-3-7-2-8(5-9)6-10(13)4-7/h7-11H,2-6H2,1H3. The third kappa shape index (κ3) is 1.04. The monoisotopic (exact) mass is 238 g/mol. The van der Waals surface area contributed by atoms with E-state index in [1.807, 2.05) is 11.8 Å². The molecule has 1 spiro atoms. The van der Waals surface area contributed by atoms with Crippen molar-refractivity contribution in [3.63, 3.8) is 0 Å². The van der Waals surface area contributed by atoms with Crippen molar-refractivity contribution in [2.24, 2.45) is 23.7 Å². The lowest BCUT2D eigenvalue weighted by molar-refractivity contribution is -0.141. The highest BCUT2D eigenvalue weighted by Crippen LogP contribution is 2.74. The molecule has 5 rings (SSSR count).